The van der Waals surface area contributed by atoms with Gasteiger partial charge in [0.1, 0.15) is 6.07 Å². The van der Waals surface area contributed by atoms with Gasteiger partial charge in [0.05, 0.1) is 19.8 Å². The van der Waals surface area contributed by atoms with Gasteiger partial charge < -0.3 is 19.3 Å². The largest absolute Gasteiger partial charge is 0.395 e. The van der Waals surface area contributed by atoms with Crippen LogP contribution < -0.4 is 9.62 Å². The molecule has 0 atom stereocenters. The minimum Gasteiger partial charge on any atom is -0.395 e. The molecule has 1 aliphatic heterocycles. The smallest absolute Gasteiger partial charge is 0.251 e. The molecule has 2 aromatic carbocycles. The number of sulfonamides is 1. The van der Waals surface area contributed by atoms with Crippen molar-refractivity contribution in [2.75, 3.05) is 44.4 Å². The number of nitrogens with one attached hydrogen (secondary N) is 1. The van der Waals surface area contributed by atoms with Crippen LogP contribution in [-0.4, -0.2) is 57.5 Å². The summed E-state index contributed by atoms with van der Waals surface area (Å²) in [4.78, 5) is 1.97. The summed E-state index contributed by atoms with van der Waals surface area (Å²) in [7, 11) is -2.16. The molecule has 0 spiro atoms. The standard InChI is InChI=1S/C25H28N4O4S/c1-18(25(17-26)34(31,32)27-9-12-30)23-7-8-24(28(23)2)21-4-3-20-16-22(6-5-19(20)15-21)29-10-13-33-14-11-29/h3-8,15-16,27,30H,9-14H2,1-2H3/b25-18+. The van der Waals surface area contributed by atoms with Gasteiger partial charge in [-0.2, -0.15) is 5.26 Å². The van der Waals surface area contributed by atoms with Gasteiger partial charge in [-0.05, 0) is 53.6 Å². The topological polar surface area (TPSA) is 108 Å². The first-order valence-corrected chi connectivity index (χ1v) is 12.6. The second-order valence-electron chi connectivity index (χ2n) is 8.20. The maximum atomic E-state index is 12.5. The van der Waals surface area contributed by atoms with Crippen molar-refractivity contribution in [2.24, 2.45) is 7.05 Å². The molecule has 2 N–H and O–H groups in total. The quantitative estimate of drug-likeness (QED) is 0.504. The van der Waals surface area contributed by atoms with Gasteiger partial charge in [-0.25, -0.2) is 13.1 Å². The summed E-state index contributed by atoms with van der Waals surface area (Å²) in [5, 5.41) is 20.7. The van der Waals surface area contributed by atoms with Crippen LogP contribution in [0.5, 0.6) is 0 Å². The fourth-order valence-electron chi connectivity index (χ4n) is 4.30. The van der Waals surface area contributed by atoms with Crippen LogP contribution in [0.2, 0.25) is 0 Å². The lowest BCUT2D eigenvalue weighted by Crippen LogP contribution is -2.36. The van der Waals surface area contributed by atoms with E-state index in [0.29, 0.717) is 11.3 Å². The minimum absolute atomic E-state index is 0.149. The molecule has 0 aliphatic carbocycles. The van der Waals surface area contributed by atoms with E-state index in [0.717, 1.165) is 48.3 Å². The maximum absolute atomic E-state index is 12.5. The predicted molar refractivity (Wildman–Crippen MR) is 134 cm³/mol. The summed E-state index contributed by atoms with van der Waals surface area (Å²) >= 11 is 0. The Morgan fingerprint density at radius 3 is 2.53 bits per heavy atom. The van der Waals surface area contributed by atoms with Gasteiger partial charge in [0.2, 0.25) is 0 Å². The van der Waals surface area contributed by atoms with E-state index in [2.05, 4.69) is 40.0 Å². The number of aliphatic hydroxyl groups is 1. The first kappa shape index (κ1) is 24.0. The highest BCUT2D eigenvalue weighted by Crippen LogP contribution is 2.31. The van der Waals surface area contributed by atoms with Crippen molar-refractivity contribution in [2.45, 2.75) is 6.92 Å². The van der Waals surface area contributed by atoms with Crippen LogP contribution in [0, 0.1) is 11.3 Å². The molecule has 0 radical (unpaired) electrons. The van der Waals surface area contributed by atoms with Gasteiger partial charge in [0.25, 0.3) is 10.0 Å². The lowest BCUT2D eigenvalue weighted by atomic mass is 10.0. The van der Waals surface area contributed by atoms with Crippen LogP contribution in [0.15, 0.2) is 53.4 Å². The summed E-state index contributed by atoms with van der Waals surface area (Å²) in [5.74, 6) is 0. The SMILES string of the molecule is C/C(=C(/C#N)S(=O)(=O)NCCO)c1ccc(-c2ccc3cc(N4CCOCC4)ccc3c2)n1C. The molecule has 3 aromatic rings. The molecular formula is C25H28N4O4S. The average Bonchev–Trinajstić information content (AvgIpc) is 3.24. The molecule has 178 valence electrons. The van der Waals surface area contributed by atoms with E-state index in [4.69, 9.17) is 9.84 Å². The first-order valence-electron chi connectivity index (χ1n) is 11.1. The Morgan fingerprint density at radius 1 is 1.12 bits per heavy atom. The average molecular weight is 481 g/mol. The molecule has 34 heavy (non-hydrogen) atoms. The number of aliphatic hydroxyl groups excluding tert-OH is 1. The number of rotatable bonds is 7. The van der Waals surface area contributed by atoms with E-state index in [1.54, 1.807) is 13.0 Å². The molecule has 1 aromatic heterocycles. The number of hydrogen-bond donors (Lipinski definition) is 2. The number of aromatic nitrogens is 1. The van der Waals surface area contributed by atoms with Gasteiger partial charge in [-0.1, -0.05) is 18.2 Å². The fourth-order valence-corrected chi connectivity index (χ4v) is 5.43. The highest BCUT2D eigenvalue weighted by atomic mass is 32.2. The number of hydrogen-bond acceptors (Lipinski definition) is 6. The lowest BCUT2D eigenvalue weighted by molar-refractivity contribution is 0.122. The molecule has 0 amide bonds. The summed E-state index contributed by atoms with van der Waals surface area (Å²) in [6, 6.07) is 18.2. The summed E-state index contributed by atoms with van der Waals surface area (Å²) in [6.45, 7) is 4.38. The zero-order valence-corrected chi connectivity index (χ0v) is 20.1. The Kier molecular flexibility index (Phi) is 7.05. The minimum atomic E-state index is -4.01. The van der Waals surface area contributed by atoms with Crippen LogP contribution in [0.1, 0.15) is 12.6 Å². The summed E-state index contributed by atoms with van der Waals surface area (Å²) < 4.78 is 34.6. The van der Waals surface area contributed by atoms with E-state index in [-0.39, 0.29) is 18.1 Å². The zero-order valence-electron chi connectivity index (χ0n) is 19.3. The lowest BCUT2D eigenvalue weighted by Gasteiger charge is -2.29. The highest BCUT2D eigenvalue weighted by molar-refractivity contribution is 7.93. The normalized spacial score (nSPS) is 15.3. The fraction of sp³-hybridized carbons (Fsp3) is 0.320. The third-order valence-electron chi connectivity index (χ3n) is 6.12. The predicted octanol–water partition coefficient (Wildman–Crippen LogP) is 2.85. The van der Waals surface area contributed by atoms with Crippen molar-refractivity contribution >= 4 is 32.1 Å². The molecule has 1 fully saturated rings. The van der Waals surface area contributed by atoms with Gasteiger partial charge in [-0.15, -0.1) is 0 Å². The molecule has 9 heteroatoms. The molecule has 0 bridgehead atoms. The Morgan fingerprint density at radius 2 is 1.82 bits per heavy atom. The number of fused-ring (bicyclic) bond motifs is 1. The van der Waals surface area contributed by atoms with Crippen molar-refractivity contribution in [1.29, 1.82) is 5.26 Å². The van der Waals surface area contributed by atoms with E-state index in [1.165, 1.54) is 5.69 Å². The second kappa shape index (κ2) is 9.99. The van der Waals surface area contributed by atoms with Crippen LogP contribution in [0.3, 0.4) is 0 Å². The monoisotopic (exact) mass is 480 g/mol. The van der Waals surface area contributed by atoms with Crippen molar-refractivity contribution < 1.29 is 18.3 Å². The molecule has 2 heterocycles. The molecular weight excluding hydrogens is 452 g/mol. The third-order valence-corrected chi connectivity index (χ3v) is 7.64. The number of nitrogens with zero attached hydrogens (tertiary/aromatic N) is 3. The first-order chi connectivity index (χ1) is 16.4. The highest BCUT2D eigenvalue weighted by Gasteiger charge is 2.22. The Labute approximate surface area is 199 Å². The van der Waals surface area contributed by atoms with Crippen LogP contribution in [0.4, 0.5) is 5.69 Å². The Balaban J connectivity index is 1.67. The molecule has 0 saturated carbocycles. The number of nitriles is 1. The van der Waals surface area contributed by atoms with Gasteiger partial charge in [0, 0.05) is 49.3 Å². The van der Waals surface area contributed by atoms with Crippen molar-refractivity contribution in [3.05, 3.63) is 59.1 Å². The maximum Gasteiger partial charge on any atom is 0.251 e. The van der Waals surface area contributed by atoms with E-state index in [1.807, 2.05) is 29.8 Å². The van der Waals surface area contributed by atoms with Crippen molar-refractivity contribution in [3.8, 4) is 17.3 Å². The van der Waals surface area contributed by atoms with E-state index >= 15 is 0 Å². The van der Waals surface area contributed by atoms with Gasteiger partial charge in [-0.3, -0.25) is 0 Å². The summed E-state index contributed by atoms with van der Waals surface area (Å²) in [6.07, 6.45) is 0. The third kappa shape index (κ3) is 4.72. The summed E-state index contributed by atoms with van der Waals surface area (Å²) in [5.41, 5.74) is 4.06. The molecule has 0 unspecified atom stereocenters. The van der Waals surface area contributed by atoms with E-state index < -0.39 is 10.0 Å². The molecule has 1 aliphatic rings. The number of benzene rings is 2. The van der Waals surface area contributed by atoms with Gasteiger partial charge >= 0.3 is 0 Å². The van der Waals surface area contributed by atoms with Crippen molar-refractivity contribution in [1.82, 2.24) is 9.29 Å². The second-order valence-corrected chi connectivity index (χ2v) is 9.90. The number of morpholine rings is 1. The van der Waals surface area contributed by atoms with Crippen molar-refractivity contribution in [3.63, 3.8) is 0 Å². The molecule has 1 saturated heterocycles. The van der Waals surface area contributed by atoms with Crippen LogP contribution in [-0.2, 0) is 21.8 Å². The number of anilines is 1. The zero-order chi connectivity index (χ0) is 24.3. The molecule has 8 nitrogen and oxygen atoms in total. The van der Waals surface area contributed by atoms with E-state index in [9.17, 15) is 13.7 Å². The Hall–Kier alpha value is -3.16. The van der Waals surface area contributed by atoms with Gasteiger partial charge in [0.15, 0.2) is 4.91 Å². The number of ether oxygens (including phenoxy) is 1. The molecule has 4 rings (SSSR count). The Bertz CT molecular complexity index is 1380. The van der Waals surface area contributed by atoms with Crippen LogP contribution in [0.25, 0.3) is 27.6 Å². The number of allylic oxidation sites excluding steroid dienone is 2. The van der Waals surface area contributed by atoms with Crippen LogP contribution >= 0.6 is 0 Å².